The van der Waals surface area contributed by atoms with Gasteiger partial charge in [-0.25, -0.2) is 0 Å². The average Bonchev–Trinajstić information content (AvgIpc) is 2.64. The Morgan fingerprint density at radius 1 is 1.06 bits per heavy atom. The molecule has 0 saturated heterocycles. The van der Waals surface area contributed by atoms with Crippen LogP contribution in [0.1, 0.15) is 0 Å². The van der Waals surface area contributed by atoms with E-state index in [1.807, 2.05) is 24.4 Å². The van der Waals surface area contributed by atoms with Crippen LogP contribution in [0.15, 0.2) is 53.1 Å². The van der Waals surface area contributed by atoms with E-state index in [0.29, 0.717) is 0 Å². The van der Waals surface area contributed by atoms with Gasteiger partial charge in [0.1, 0.15) is 0 Å². The molecule has 84 valence electrons. The smallest absolute Gasteiger partial charge is 0.0878 e. The zero-order valence-electron chi connectivity index (χ0n) is 9.39. The van der Waals surface area contributed by atoms with Crippen molar-refractivity contribution in [1.29, 1.82) is 0 Å². The molecule has 0 fully saturated rings. The second kappa shape index (κ2) is 4.00. The van der Waals surface area contributed by atoms with Crippen molar-refractivity contribution in [2.75, 3.05) is 0 Å². The van der Waals surface area contributed by atoms with Gasteiger partial charge < -0.3 is 4.57 Å². The first-order valence-electron chi connectivity index (χ1n) is 5.43. The Hall–Kier alpha value is -1.61. The molecule has 3 aromatic rings. The minimum Gasteiger partial charge on any atom is -0.341 e. The monoisotopic (exact) mass is 286 g/mol. The fraction of sp³-hybridized carbons (Fsp3) is 0.0714. The van der Waals surface area contributed by atoms with Crippen LogP contribution in [0.5, 0.6) is 0 Å². The highest BCUT2D eigenvalue weighted by Crippen LogP contribution is 2.35. The fourth-order valence-corrected chi connectivity index (χ4v) is 2.94. The summed E-state index contributed by atoms with van der Waals surface area (Å²) in [6.07, 6.45) is 1.82. The predicted molar refractivity (Wildman–Crippen MR) is 73.9 cm³/mol. The predicted octanol–water partition coefficient (Wildman–Crippen LogP) is 4.00. The molecule has 0 aliphatic carbocycles. The van der Waals surface area contributed by atoms with Crippen molar-refractivity contribution in [3.63, 3.8) is 0 Å². The van der Waals surface area contributed by atoms with Gasteiger partial charge in [-0.1, -0.05) is 24.3 Å². The van der Waals surface area contributed by atoms with E-state index in [-0.39, 0.29) is 0 Å². The van der Waals surface area contributed by atoms with E-state index in [1.54, 1.807) is 0 Å². The molecular formula is C14H11BrN2. The van der Waals surface area contributed by atoms with Crippen LogP contribution in [0.25, 0.3) is 22.3 Å². The minimum absolute atomic E-state index is 0.984. The van der Waals surface area contributed by atoms with Crippen molar-refractivity contribution in [2.45, 2.75) is 0 Å². The summed E-state index contributed by atoms with van der Waals surface area (Å²) in [6.45, 7) is 0. The van der Waals surface area contributed by atoms with Crippen LogP contribution in [0.2, 0.25) is 0 Å². The highest BCUT2D eigenvalue weighted by Gasteiger charge is 2.14. The van der Waals surface area contributed by atoms with Gasteiger partial charge >= 0.3 is 0 Å². The molecule has 0 bridgehead atoms. The molecule has 0 N–H and O–H groups in total. The summed E-state index contributed by atoms with van der Waals surface area (Å²) in [5.41, 5.74) is 3.31. The molecule has 17 heavy (non-hydrogen) atoms. The van der Waals surface area contributed by atoms with Gasteiger partial charge in [-0.3, -0.25) is 4.98 Å². The van der Waals surface area contributed by atoms with Gasteiger partial charge in [-0.2, -0.15) is 0 Å². The molecule has 0 radical (unpaired) electrons. The van der Waals surface area contributed by atoms with Crippen LogP contribution < -0.4 is 0 Å². The largest absolute Gasteiger partial charge is 0.341 e. The average molecular weight is 287 g/mol. The van der Waals surface area contributed by atoms with Gasteiger partial charge in [0.05, 0.1) is 15.9 Å². The number of hydrogen-bond acceptors (Lipinski definition) is 1. The molecule has 0 amide bonds. The van der Waals surface area contributed by atoms with Crippen LogP contribution in [0, 0.1) is 0 Å². The molecule has 2 heterocycles. The number of pyridine rings is 1. The van der Waals surface area contributed by atoms with Crippen molar-refractivity contribution >= 4 is 26.8 Å². The molecule has 0 spiro atoms. The van der Waals surface area contributed by atoms with Crippen LogP contribution in [-0.4, -0.2) is 9.55 Å². The molecule has 2 aromatic heterocycles. The number of rotatable bonds is 1. The third-order valence-electron chi connectivity index (χ3n) is 2.95. The zero-order valence-corrected chi connectivity index (χ0v) is 11.0. The van der Waals surface area contributed by atoms with E-state index >= 15 is 0 Å². The maximum Gasteiger partial charge on any atom is 0.0878 e. The van der Waals surface area contributed by atoms with Crippen LogP contribution in [-0.2, 0) is 7.05 Å². The van der Waals surface area contributed by atoms with Crippen molar-refractivity contribution in [2.24, 2.45) is 7.05 Å². The Morgan fingerprint density at radius 3 is 2.53 bits per heavy atom. The number of aryl methyl sites for hydroxylation is 1. The number of benzene rings is 1. The summed E-state index contributed by atoms with van der Waals surface area (Å²) in [6, 6.07) is 14.3. The molecule has 0 aliphatic rings. The lowest BCUT2D eigenvalue weighted by Gasteiger charge is -2.03. The van der Waals surface area contributed by atoms with Crippen LogP contribution >= 0.6 is 15.9 Å². The Bertz CT molecular complexity index is 632. The Kier molecular flexibility index (Phi) is 2.48. The molecule has 0 aliphatic heterocycles. The number of hydrogen-bond donors (Lipinski definition) is 0. The van der Waals surface area contributed by atoms with Crippen molar-refractivity contribution < 1.29 is 0 Å². The van der Waals surface area contributed by atoms with E-state index in [0.717, 1.165) is 15.9 Å². The normalized spacial score (nSPS) is 10.9. The van der Waals surface area contributed by atoms with Gasteiger partial charge in [0.25, 0.3) is 0 Å². The highest BCUT2D eigenvalue weighted by atomic mass is 79.9. The fourth-order valence-electron chi connectivity index (χ4n) is 2.13. The summed E-state index contributed by atoms with van der Waals surface area (Å²) in [4.78, 5) is 4.42. The van der Waals surface area contributed by atoms with Crippen molar-refractivity contribution in [3.8, 4) is 11.4 Å². The third-order valence-corrected chi connectivity index (χ3v) is 3.76. The Labute approximate surface area is 108 Å². The number of aromatic nitrogens is 2. The molecule has 3 heteroatoms. The standard InChI is InChI=1S/C14H11BrN2/c1-17-12-8-3-2-6-10(12)13(15)14(17)11-7-4-5-9-16-11/h2-9H,1H3. The molecule has 2 nitrogen and oxygen atoms in total. The SMILES string of the molecule is Cn1c(-c2ccccn2)c(Br)c2ccccc21. The molecule has 0 saturated carbocycles. The van der Waals surface area contributed by atoms with Gasteiger partial charge in [0, 0.05) is 24.1 Å². The number of fused-ring (bicyclic) bond motifs is 1. The number of para-hydroxylation sites is 1. The molecule has 0 atom stereocenters. The third kappa shape index (κ3) is 1.58. The summed E-state index contributed by atoms with van der Waals surface area (Å²) in [5, 5.41) is 1.22. The molecule has 0 unspecified atom stereocenters. The van der Waals surface area contributed by atoms with Gasteiger partial charge in [-0.05, 0) is 34.1 Å². The summed E-state index contributed by atoms with van der Waals surface area (Å²) in [5.74, 6) is 0. The number of nitrogens with zero attached hydrogens (tertiary/aromatic N) is 2. The van der Waals surface area contributed by atoms with Gasteiger partial charge in [0.2, 0.25) is 0 Å². The second-order valence-corrected chi connectivity index (χ2v) is 4.75. The number of halogens is 1. The Balaban J connectivity index is 2.38. The van der Waals surface area contributed by atoms with E-state index in [4.69, 9.17) is 0 Å². The van der Waals surface area contributed by atoms with Crippen LogP contribution in [0.4, 0.5) is 0 Å². The highest BCUT2D eigenvalue weighted by molar-refractivity contribution is 9.10. The van der Waals surface area contributed by atoms with Crippen molar-refractivity contribution in [3.05, 3.63) is 53.1 Å². The van der Waals surface area contributed by atoms with Gasteiger partial charge in [-0.15, -0.1) is 0 Å². The lowest BCUT2D eigenvalue weighted by molar-refractivity contribution is 0.968. The minimum atomic E-state index is 0.984. The first-order valence-corrected chi connectivity index (χ1v) is 6.22. The summed E-state index contributed by atoms with van der Waals surface area (Å²) < 4.78 is 3.27. The second-order valence-electron chi connectivity index (χ2n) is 3.95. The topological polar surface area (TPSA) is 17.8 Å². The zero-order chi connectivity index (χ0) is 11.8. The first-order chi connectivity index (χ1) is 8.29. The quantitative estimate of drug-likeness (QED) is 0.661. The Morgan fingerprint density at radius 2 is 1.82 bits per heavy atom. The molecular weight excluding hydrogens is 276 g/mol. The lowest BCUT2D eigenvalue weighted by atomic mass is 10.2. The summed E-state index contributed by atoms with van der Waals surface area (Å²) >= 11 is 3.68. The van der Waals surface area contributed by atoms with Crippen molar-refractivity contribution in [1.82, 2.24) is 9.55 Å². The lowest BCUT2D eigenvalue weighted by Crippen LogP contribution is -1.93. The van der Waals surface area contributed by atoms with E-state index in [2.05, 4.69) is 56.8 Å². The molecule has 1 aromatic carbocycles. The van der Waals surface area contributed by atoms with E-state index in [9.17, 15) is 0 Å². The first kappa shape index (κ1) is 10.5. The van der Waals surface area contributed by atoms with E-state index in [1.165, 1.54) is 10.9 Å². The van der Waals surface area contributed by atoms with Gasteiger partial charge in [0.15, 0.2) is 0 Å². The maximum atomic E-state index is 4.42. The molecule has 3 rings (SSSR count). The maximum absolute atomic E-state index is 4.42. The summed E-state index contributed by atoms with van der Waals surface area (Å²) in [7, 11) is 2.07. The van der Waals surface area contributed by atoms with E-state index < -0.39 is 0 Å². The van der Waals surface area contributed by atoms with Crippen LogP contribution in [0.3, 0.4) is 0 Å².